The topological polar surface area (TPSA) is 24.5 Å². The van der Waals surface area contributed by atoms with E-state index >= 15 is 0 Å². The third-order valence-electron chi connectivity index (χ3n) is 3.74. The average Bonchev–Trinajstić information content (AvgIpc) is 2.33. The summed E-state index contributed by atoms with van der Waals surface area (Å²) in [4.78, 5) is 2.60. The van der Waals surface area contributed by atoms with Gasteiger partial charge in [-0.3, -0.25) is 4.90 Å². The summed E-state index contributed by atoms with van der Waals surface area (Å²) < 4.78 is 5.53. The minimum Gasteiger partial charge on any atom is -0.380 e. The first-order valence-corrected chi connectivity index (χ1v) is 7.25. The van der Waals surface area contributed by atoms with Crippen LogP contribution in [-0.2, 0) is 4.74 Å². The molecule has 0 amide bonds. The lowest BCUT2D eigenvalue weighted by Gasteiger charge is -2.41. The van der Waals surface area contributed by atoms with Crippen LogP contribution in [0, 0.1) is 0 Å². The molecule has 17 heavy (non-hydrogen) atoms. The molecular weight excluding hydrogens is 212 g/mol. The Hall–Kier alpha value is -0.120. The van der Waals surface area contributed by atoms with E-state index in [1.807, 2.05) is 0 Å². The van der Waals surface area contributed by atoms with Crippen molar-refractivity contribution in [3.63, 3.8) is 0 Å². The molecule has 3 heteroatoms. The molecule has 0 aromatic rings. The van der Waals surface area contributed by atoms with Crippen LogP contribution in [0.4, 0.5) is 0 Å². The van der Waals surface area contributed by atoms with Gasteiger partial charge in [-0.1, -0.05) is 6.92 Å². The largest absolute Gasteiger partial charge is 0.380 e. The van der Waals surface area contributed by atoms with E-state index in [1.54, 1.807) is 0 Å². The quantitative estimate of drug-likeness (QED) is 0.741. The van der Waals surface area contributed by atoms with Gasteiger partial charge in [0.25, 0.3) is 0 Å². The molecular formula is C14H30N2O. The lowest BCUT2D eigenvalue weighted by Crippen LogP contribution is -2.51. The Morgan fingerprint density at radius 1 is 1.41 bits per heavy atom. The third-order valence-corrected chi connectivity index (χ3v) is 3.74. The Bertz CT molecular complexity index is 199. The second kappa shape index (κ2) is 8.06. The minimum atomic E-state index is 0.553. The van der Waals surface area contributed by atoms with Crippen molar-refractivity contribution in [3.05, 3.63) is 0 Å². The summed E-state index contributed by atoms with van der Waals surface area (Å²) in [5.41, 5.74) is 0. The Kier molecular flexibility index (Phi) is 7.09. The van der Waals surface area contributed by atoms with E-state index in [0.717, 1.165) is 25.8 Å². The van der Waals surface area contributed by atoms with Crippen LogP contribution < -0.4 is 5.32 Å². The summed E-state index contributed by atoms with van der Waals surface area (Å²) in [5.74, 6) is 0. The van der Waals surface area contributed by atoms with Gasteiger partial charge in [-0.25, -0.2) is 0 Å². The fourth-order valence-corrected chi connectivity index (χ4v) is 2.76. The van der Waals surface area contributed by atoms with Crippen molar-refractivity contribution < 1.29 is 4.74 Å². The number of ether oxygens (including phenoxy) is 1. The number of likely N-dealkylation sites (tertiary alicyclic amines) is 1. The highest BCUT2D eigenvalue weighted by atomic mass is 16.5. The maximum Gasteiger partial charge on any atom is 0.0619 e. The van der Waals surface area contributed by atoms with Gasteiger partial charge in [0.05, 0.1) is 6.61 Å². The van der Waals surface area contributed by atoms with Crippen molar-refractivity contribution in [2.75, 3.05) is 26.3 Å². The monoisotopic (exact) mass is 242 g/mol. The fourth-order valence-electron chi connectivity index (χ4n) is 2.76. The normalized spacial score (nSPS) is 28.2. The van der Waals surface area contributed by atoms with Gasteiger partial charge < -0.3 is 10.1 Å². The molecule has 102 valence electrons. The predicted octanol–water partition coefficient (Wildman–Crippen LogP) is 2.26. The van der Waals surface area contributed by atoms with Crippen LogP contribution in [0.15, 0.2) is 0 Å². The standard InChI is InChI=1S/C14H30N2O/c1-5-8-15-14-7-9-16(12(3)10-14)13(4)11-17-6-2/h12-15H,5-11H2,1-4H3. The summed E-state index contributed by atoms with van der Waals surface area (Å²) in [6.07, 6.45) is 3.78. The zero-order chi connectivity index (χ0) is 12.7. The molecule has 0 saturated carbocycles. The minimum absolute atomic E-state index is 0.553. The van der Waals surface area contributed by atoms with E-state index in [2.05, 4.69) is 37.9 Å². The molecule has 1 heterocycles. The number of hydrogen-bond donors (Lipinski definition) is 1. The lowest BCUT2D eigenvalue weighted by atomic mass is 9.96. The van der Waals surface area contributed by atoms with Crippen molar-refractivity contribution in [1.82, 2.24) is 10.2 Å². The molecule has 0 aromatic heterocycles. The molecule has 1 aliphatic rings. The molecule has 1 N–H and O–H groups in total. The van der Waals surface area contributed by atoms with E-state index in [0.29, 0.717) is 12.1 Å². The van der Waals surface area contributed by atoms with Crippen LogP contribution in [-0.4, -0.2) is 49.3 Å². The molecule has 0 spiro atoms. The first-order valence-electron chi connectivity index (χ1n) is 7.25. The van der Waals surface area contributed by atoms with Crippen molar-refractivity contribution in [2.45, 2.75) is 65.1 Å². The van der Waals surface area contributed by atoms with Gasteiger partial charge in [-0.05, 0) is 46.6 Å². The van der Waals surface area contributed by atoms with Crippen molar-refractivity contribution >= 4 is 0 Å². The average molecular weight is 242 g/mol. The van der Waals surface area contributed by atoms with Crippen LogP contribution in [0.5, 0.6) is 0 Å². The number of nitrogens with one attached hydrogen (secondary N) is 1. The van der Waals surface area contributed by atoms with Gasteiger partial charge >= 0.3 is 0 Å². The van der Waals surface area contributed by atoms with E-state index < -0.39 is 0 Å². The molecule has 3 nitrogen and oxygen atoms in total. The van der Waals surface area contributed by atoms with Crippen LogP contribution in [0.3, 0.4) is 0 Å². The van der Waals surface area contributed by atoms with E-state index in [1.165, 1.54) is 25.8 Å². The number of nitrogens with zero attached hydrogens (tertiary/aromatic N) is 1. The molecule has 0 aliphatic carbocycles. The van der Waals surface area contributed by atoms with Crippen LogP contribution in [0.1, 0.15) is 47.0 Å². The van der Waals surface area contributed by atoms with Crippen molar-refractivity contribution in [3.8, 4) is 0 Å². The first-order chi connectivity index (χ1) is 8.19. The Morgan fingerprint density at radius 3 is 2.76 bits per heavy atom. The van der Waals surface area contributed by atoms with Gasteiger partial charge in [0, 0.05) is 31.3 Å². The third kappa shape index (κ3) is 4.94. The molecule has 0 aromatic carbocycles. The van der Waals surface area contributed by atoms with Crippen LogP contribution in [0.2, 0.25) is 0 Å². The number of piperidine rings is 1. The zero-order valence-corrected chi connectivity index (χ0v) is 12.0. The van der Waals surface area contributed by atoms with Gasteiger partial charge in [0.1, 0.15) is 0 Å². The molecule has 1 aliphatic heterocycles. The Balaban J connectivity index is 2.31. The molecule has 1 rings (SSSR count). The molecule has 0 bridgehead atoms. The van der Waals surface area contributed by atoms with Crippen molar-refractivity contribution in [1.29, 1.82) is 0 Å². The zero-order valence-electron chi connectivity index (χ0n) is 12.0. The maximum atomic E-state index is 5.53. The molecule has 1 fully saturated rings. The molecule has 0 radical (unpaired) electrons. The van der Waals surface area contributed by atoms with Gasteiger partial charge in [-0.15, -0.1) is 0 Å². The SMILES string of the molecule is CCCNC1CCN(C(C)COCC)C(C)C1. The summed E-state index contributed by atoms with van der Waals surface area (Å²) >= 11 is 0. The summed E-state index contributed by atoms with van der Waals surface area (Å²) in [5, 5.41) is 3.65. The highest BCUT2D eigenvalue weighted by Gasteiger charge is 2.27. The van der Waals surface area contributed by atoms with Crippen LogP contribution in [0.25, 0.3) is 0 Å². The first kappa shape index (κ1) is 14.9. The Labute approximate surface area is 107 Å². The number of hydrogen-bond acceptors (Lipinski definition) is 3. The highest BCUT2D eigenvalue weighted by Crippen LogP contribution is 2.20. The maximum absolute atomic E-state index is 5.53. The number of rotatable bonds is 7. The van der Waals surface area contributed by atoms with Crippen LogP contribution >= 0.6 is 0 Å². The predicted molar refractivity (Wildman–Crippen MR) is 73.4 cm³/mol. The summed E-state index contributed by atoms with van der Waals surface area (Å²) in [6.45, 7) is 13.0. The lowest BCUT2D eigenvalue weighted by molar-refractivity contribution is 0.0323. The van der Waals surface area contributed by atoms with Crippen molar-refractivity contribution in [2.24, 2.45) is 0 Å². The molecule has 3 unspecified atom stereocenters. The highest BCUT2D eigenvalue weighted by molar-refractivity contribution is 4.85. The summed E-state index contributed by atoms with van der Waals surface area (Å²) in [6, 6.07) is 1.95. The van der Waals surface area contributed by atoms with Gasteiger partial charge in [-0.2, -0.15) is 0 Å². The smallest absolute Gasteiger partial charge is 0.0619 e. The van der Waals surface area contributed by atoms with E-state index in [9.17, 15) is 0 Å². The Morgan fingerprint density at radius 2 is 2.18 bits per heavy atom. The van der Waals surface area contributed by atoms with E-state index in [-0.39, 0.29) is 0 Å². The van der Waals surface area contributed by atoms with E-state index in [4.69, 9.17) is 4.74 Å². The van der Waals surface area contributed by atoms with Gasteiger partial charge in [0.2, 0.25) is 0 Å². The second-order valence-corrected chi connectivity index (χ2v) is 5.27. The fraction of sp³-hybridized carbons (Fsp3) is 1.00. The van der Waals surface area contributed by atoms with Gasteiger partial charge in [0.15, 0.2) is 0 Å². The summed E-state index contributed by atoms with van der Waals surface area (Å²) in [7, 11) is 0. The molecule has 3 atom stereocenters. The molecule has 1 saturated heterocycles. The second-order valence-electron chi connectivity index (χ2n) is 5.27.